The van der Waals surface area contributed by atoms with Crippen molar-refractivity contribution in [3.8, 4) is 11.5 Å². The molecule has 0 radical (unpaired) electrons. The highest BCUT2D eigenvalue weighted by Crippen LogP contribution is 2.34. The summed E-state index contributed by atoms with van der Waals surface area (Å²) in [5.41, 5.74) is 3.94. The van der Waals surface area contributed by atoms with Gasteiger partial charge in [0.2, 0.25) is 11.8 Å². The van der Waals surface area contributed by atoms with Crippen LogP contribution in [-0.4, -0.2) is 23.3 Å². The molecular formula is C26H26N2O3. The second-order valence-corrected chi connectivity index (χ2v) is 7.84. The minimum Gasteiger partial charge on any atom is -0.455 e. The van der Waals surface area contributed by atoms with Crippen LogP contribution in [-0.2, 0) is 16.0 Å². The van der Waals surface area contributed by atoms with Crippen molar-refractivity contribution in [3.05, 3.63) is 89.5 Å². The van der Waals surface area contributed by atoms with Crippen molar-refractivity contribution < 1.29 is 14.3 Å². The van der Waals surface area contributed by atoms with Gasteiger partial charge in [-0.05, 0) is 54.3 Å². The molecule has 3 aromatic rings. The Bertz CT molecular complexity index is 1110. The van der Waals surface area contributed by atoms with E-state index in [2.05, 4.69) is 11.4 Å². The third-order valence-corrected chi connectivity index (χ3v) is 5.57. The van der Waals surface area contributed by atoms with Crippen molar-refractivity contribution >= 4 is 17.5 Å². The second kappa shape index (κ2) is 9.04. The molecule has 5 heteroatoms. The fourth-order valence-electron chi connectivity index (χ4n) is 4.09. The first kappa shape index (κ1) is 20.7. The summed E-state index contributed by atoms with van der Waals surface area (Å²) in [4.78, 5) is 27.0. The van der Waals surface area contributed by atoms with Crippen molar-refractivity contribution in [2.45, 2.75) is 32.7 Å². The van der Waals surface area contributed by atoms with Crippen molar-refractivity contribution in [1.29, 1.82) is 0 Å². The molecule has 0 fully saturated rings. The van der Waals surface area contributed by atoms with Gasteiger partial charge in [0.25, 0.3) is 0 Å². The summed E-state index contributed by atoms with van der Waals surface area (Å²) in [5, 5.41) is 2.98. The third-order valence-electron chi connectivity index (χ3n) is 5.57. The molecule has 5 nitrogen and oxygen atoms in total. The predicted molar refractivity (Wildman–Crippen MR) is 121 cm³/mol. The molecule has 0 aliphatic carbocycles. The normalized spacial score (nSPS) is 15.2. The van der Waals surface area contributed by atoms with E-state index >= 15 is 0 Å². The van der Waals surface area contributed by atoms with Crippen LogP contribution in [0.2, 0.25) is 0 Å². The minimum atomic E-state index is -0.271. The van der Waals surface area contributed by atoms with Gasteiger partial charge in [-0.25, -0.2) is 0 Å². The second-order valence-electron chi connectivity index (χ2n) is 7.84. The highest BCUT2D eigenvalue weighted by atomic mass is 16.5. The smallest absolute Gasteiger partial charge is 0.226 e. The number of nitrogens with one attached hydrogen (secondary N) is 1. The quantitative estimate of drug-likeness (QED) is 0.619. The molecule has 1 aliphatic heterocycles. The Labute approximate surface area is 182 Å². The Morgan fingerprint density at radius 1 is 1.03 bits per heavy atom. The van der Waals surface area contributed by atoms with E-state index in [-0.39, 0.29) is 24.3 Å². The van der Waals surface area contributed by atoms with Gasteiger partial charge in [0.15, 0.2) is 5.75 Å². The number of carbonyl (C=O) groups excluding carboxylic acids is 2. The standard InChI is InChI=1S/C26H26N2O3/c1-18-8-7-10-21(16-18)31-25-13-6-5-12-23(25)27-26(30)17-24-22-11-4-3-9-20(22)14-15-28(24)19(2)29/h3-13,16,24H,14-15,17H2,1-2H3,(H,27,30). The van der Waals surface area contributed by atoms with Crippen molar-refractivity contribution in [1.82, 2.24) is 4.90 Å². The van der Waals surface area contributed by atoms with Gasteiger partial charge in [-0.2, -0.15) is 0 Å². The number of aryl methyl sites for hydroxylation is 1. The van der Waals surface area contributed by atoms with E-state index < -0.39 is 0 Å². The maximum atomic E-state index is 13.0. The average Bonchev–Trinajstić information content (AvgIpc) is 2.75. The average molecular weight is 415 g/mol. The Morgan fingerprint density at radius 3 is 2.61 bits per heavy atom. The number of hydrogen-bond acceptors (Lipinski definition) is 3. The summed E-state index contributed by atoms with van der Waals surface area (Å²) >= 11 is 0. The molecule has 158 valence electrons. The van der Waals surface area contributed by atoms with E-state index in [4.69, 9.17) is 4.74 Å². The number of fused-ring (bicyclic) bond motifs is 1. The maximum Gasteiger partial charge on any atom is 0.226 e. The first-order chi connectivity index (χ1) is 15.0. The van der Waals surface area contributed by atoms with Crippen molar-refractivity contribution in [2.24, 2.45) is 0 Å². The lowest BCUT2D eigenvalue weighted by Crippen LogP contribution is -2.40. The largest absolute Gasteiger partial charge is 0.455 e. The fourth-order valence-corrected chi connectivity index (χ4v) is 4.09. The van der Waals surface area contributed by atoms with Crippen LogP contribution < -0.4 is 10.1 Å². The van der Waals surface area contributed by atoms with E-state index in [1.807, 2.05) is 73.7 Å². The molecule has 0 saturated carbocycles. The number of carbonyl (C=O) groups is 2. The van der Waals surface area contributed by atoms with E-state index in [0.29, 0.717) is 23.7 Å². The van der Waals surface area contributed by atoms with Crippen LogP contribution in [0.1, 0.15) is 36.1 Å². The van der Waals surface area contributed by atoms with E-state index in [1.54, 1.807) is 11.8 Å². The minimum absolute atomic E-state index is 0.0181. The predicted octanol–water partition coefficient (Wildman–Crippen LogP) is 5.26. The van der Waals surface area contributed by atoms with Gasteiger partial charge in [0.1, 0.15) is 5.75 Å². The molecule has 1 aliphatic rings. The van der Waals surface area contributed by atoms with Crippen LogP contribution in [0.25, 0.3) is 0 Å². The Hall–Kier alpha value is -3.60. The molecule has 31 heavy (non-hydrogen) atoms. The molecule has 1 heterocycles. The maximum absolute atomic E-state index is 13.0. The highest BCUT2D eigenvalue weighted by molar-refractivity contribution is 5.93. The molecule has 0 spiro atoms. The van der Waals surface area contributed by atoms with Crippen LogP contribution in [0.5, 0.6) is 11.5 Å². The SMILES string of the molecule is CC(=O)N1CCc2ccccc2C1CC(=O)Nc1ccccc1Oc1cccc(C)c1. The summed E-state index contributed by atoms with van der Waals surface area (Å²) in [6.07, 6.45) is 0.996. The number of anilines is 1. The zero-order chi connectivity index (χ0) is 21.8. The molecular weight excluding hydrogens is 388 g/mol. The van der Waals surface area contributed by atoms with Gasteiger partial charge in [0, 0.05) is 13.5 Å². The van der Waals surface area contributed by atoms with E-state index in [9.17, 15) is 9.59 Å². The van der Waals surface area contributed by atoms with E-state index in [0.717, 1.165) is 17.5 Å². The number of hydrogen-bond donors (Lipinski definition) is 1. The van der Waals surface area contributed by atoms with E-state index in [1.165, 1.54) is 5.56 Å². The van der Waals surface area contributed by atoms with Gasteiger partial charge in [0.05, 0.1) is 18.2 Å². The van der Waals surface area contributed by atoms with Crippen molar-refractivity contribution in [3.63, 3.8) is 0 Å². The molecule has 1 unspecified atom stereocenters. The summed E-state index contributed by atoms with van der Waals surface area (Å²) in [6.45, 7) is 4.19. The first-order valence-corrected chi connectivity index (χ1v) is 10.5. The van der Waals surface area contributed by atoms with Crippen LogP contribution in [0, 0.1) is 6.92 Å². The number of ether oxygens (including phenoxy) is 1. The zero-order valence-corrected chi connectivity index (χ0v) is 17.8. The summed E-state index contributed by atoms with van der Waals surface area (Å²) in [6, 6.07) is 22.9. The van der Waals surface area contributed by atoms with Gasteiger partial charge < -0.3 is 15.0 Å². The van der Waals surface area contributed by atoms with Gasteiger partial charge in [-0.1, -0.05) is 48.5 Å². The number of para-hydroxylation sites is 2. The van der Waals surface area contributed by atoms with Crippen LogP contribution in [0.3, 0.4) is 0 Å². The van der Waals surface area contributed by atoms with Crippen LogP contribution >= 0.6 is 0 Å². The first-order valence-electron chi connectivity index (χ1n) is 10.5. The lowest BCUT2D eigenvalue weighted by Gasteiger charge is -2.36. The van der Waals surface area contributed by atoms with Crippen LogP contribution in [0.15, 0.2) is 72.8 Å². The molecule has 3 aromatic carbocycles. The van der Waals surface area contributed by atoms with Gasteiger partial charge >= 0.3 is 0 Å². The fraction of sp³-hybridized carbons (Fsp3) is 0.231. The number of benzene rings is 3. The summed E-state index contributed by atoms with van der Waals surface area (Å²) in [7, 11) is 0. The van der Waals surface area contributed by atoms with Gasteiger partial charge in [-0.3, -0.25) is 9.59 Å². The highest BCUT2D eigenvalue weighted by Gasteiger charge is 2.30. The molecule has 0 aromatic heterocycles. The number of rotatable bonds is 5. The Kier molecular flexibility index (Phi) is 6.03. The van der Waals surface area contributed by atoms with Gasteiger partial charge in [-0.15, -0.1) is 0 Å². The summed E-state index contributed by atoms with van der Waals surface area (Å²) in [5.74, 6) is 1.11. The summed E-state index contributed by atoms with van der Waals surface area (Å²) < 4.78 is 6.02. The molecule has 1 N–H and O–H groups in total. The third kappa shape index (κ3) is 4.77. The zero-order valence-electron chi connectivity index (χ0n) is 17.8. The molecule has 4 rings (SSSR count). The lowest BCUT2D eigenvalue weighted by molar-refractivity contribution is -0.132. The Balaban J connectivity index is 1.53. The topological polar surface area (TPSA) is 58.6 Å². The van der Waals surface area contributed by atoms with Crippen molar-refractivity contribution in [2.75, 3.05) is 11.9 Å². The molecule has 0 bridgehead atoms. The lowest BCUT2D eigenvalue weighted by atomic mass is 9.90. The number of nitrogens with zero attached hydrogens (tertiary/aromatic N) is 1. The monoisotopic (exact) mass is 414 g/mol. The Morgan fingerprint density at radius 2 is 1.81 bits per heavy atom. The van der Waals surface area contributed by atoms with Crippen LogP contribution in [0.4, 0.5) is 5.69 Å². The molecule has 1 atom stereocenters. The molecule has 0 saturated heterocycles. The molecule has 2 amide bonds. The number of amides is 2.